The summed E-state index contributed by atoms with van der Waals surface area (Å²) in [6.45, 7) is 6.12. The van der Waals surface area contributed by atoms with Crippen LogP contribution in [0.15, 0.2) is 30.9 Å². The molecule has 0 saturated heterocycles. The normalized spacial score (nSPS) is 23.2. The van der Waals surface area contributed by atoms with Crippen LogP contribution in [0, 0.1) is 23.5 Å². The molecule has 1 atom stereocenters. The van der Waals surface area contributed by atoms with Gasteiger partial charge in [0.2, 0.25) is 0 Å². The molecular weight excluding hydrogens is 278 g/mol. The van der Waals surface area contributed by atoms with Crippen LogP contribution in [0.25, 0.3) is 0 Å². The fourth-order valence-corrected chi connectivity index (χ4v) is 3.71. The van der Waals surface area contributed by atoms with E-state index < -0.39 is 11.6 Å². The van der Waals surface area contributed by atoms with Gasteiger partial charge < -0.3 is 0 Å². The molecule has 1 fully saturated rings. The molecule has 1 aliphatic carbocycles. The molecule has 0 aromatic heterocycles. The van der Waals surface area contributed by atoms with E-state index in [2.05, 4.69) is 19.6 Å². The number of allylic oxidation sites excluding steroid dienone is 1. The molecule has 1 aliphatic rings. The molecule has 1 aromatic rings. The van der Waals surface area contributed by atoms with Crippen molar-refractivity contribution in [1.29, 1.82) is 0 Å². The topological polar surface area (TPSA) is 0 Å². The Morgan fingerprint density at radius 2 is 1.91 bits per heavy atom. The zero-order valence-electron chi connectivity index (χ0n) is 13.7. The van der Waals surface area contributed by atoms with Crippen LogP contribution >= 0.6 is 0 Å². The van der Waals surface area contributed by atoms with Crippen LogP contribution in [0.3, 0.4) is 0 Å². The average Bonchev–Trinajstić information content (AvgIpc) is 2.55. The second-order valence-corrected chi connectivity index (χ2v) is 6.73. The third-order valence-electron chi connectivity index (χ3n) is 5.31. The Morgan fingerprint density at radius 3 is 2.50 bits per heavy atom. The van der Waals surface area contributed by atoms with Gasteiger partial charge in [0.1, 0.15) is 0 Å². The summed E-state index contributed by atoms with van der Waals surface area (Å²) in [5, 5.41) is 0. The summed E-state index contributed by atoms with van der Waals surface area (Å²) >= 11 is 0. The minimum Gasteiger partial charge on any atom is -0.204 e. The standard InChI is InChI=1S/C20H28F2/c1-3-15(4-2)6-5-7-16-8-10-17(11-9-16)18-12-13-19(21)20(22)14-18/h3,12-17H,1,4-11H2,2H3. The van der Waals surface area contributed by atoms with Crippen molar-refractivity contribution in [2.75, 3.05) is 0 Å². The Kier molecular flexibility index (Phi) is 6.60. The van der Waals surface area contributed by atoms with Crippen LogP contribution < -0.4 is 0 Å². The lowest BCUT2D eigenvalue weighted by atomic mass is 9.77. The Hall–Kier alpha value is -1.18. The van der Waals surface area contributed by atoms with E-state index in [1.54, 1.807) is 6.07 Å². The molecule has 22 heavy (non-hydrogen) atoms. The molecule has 1 aromatic carbocycles. The van der Waals surface area contributed by atoms with E-state index in [4.69, 9.17) is 0 Å². The molecule has 122 valence electrons. The molecule has 0 nitrogen and oxygen atoms in total. The maximum absolute atomic E-state index is 13.3. The molecule has 1 saturated carbocycles. The molecular formula is C20H28F2. The van der Waals surface area contributed by atoms with E-state index in [0.717, 1.165) is 24.3 Å². The molecule has 2 rings (SSSR count). The fraction of sp³-hybridized carbons (Fsp3) is 0.600. The number of halogens is 2. The lowest BCUT2D eigenvalue weighted by Crippen LogP contribution is -2.14. The summed E-state index contributed by atoms with van der Waals surface area (Å²) in [6.07, 6.45) is 11.8. The summed E-state index contributed by atoms with van der Waals surface area (Å²) in [7, 11) is 0. The van der Waals surface area contributed by atoms with Gasteiger partial charge in [0.25, 0.3) is 0 Å². The summed E-state index contributed by atoms with van der Waals surface area (Å²) < 4.78 is 26.3. The zero-order valence-corrected chi connectivity index (χ0v) is 13.7. The molecule has 0 aliphatic heterocycles. The van der Waals surface area contributed by atoms with Crippen LogP contribution in [-0.4, -0.2) is 0 Å². The van der Waals surface area contributed by atoms with Crippen molar-refractivity contribution in [1.82, 2.24) is 0 Å². The first-order chi connectivity index (χ1) is 10.6. The number of benzene rings is 1. The first-order valence-electron chi connectivity index (χ1n) is 8.71. The van der Waals surface area contributed by atoms with Crippen molar-refractivity contribution in [3.05, 3.63) is 48.1 Å². The molecule has 0 bridgehead atoms. The van der Waals surface area contributed by atoms with Crippen molar-refractivity contribution in [3.8, 4) is 0 Å². The van der Waals surface area contributed by atoms with E-state index >= 15 is 0 Å². The zero-order chi connectivity index (χ0) is 15.9. The minimum atomic E-state index is -0.745. The molecule has 1 unspecified atom stereocenters. The SMILES string of the molecule is C=CC(CC)CCCC1CCC(c2ccc(F)c(F)c2)CC1. The van der Waals surface area contributed by atoms with Crippen LogP contribution in [0.1, 0.15) is 69.8 Å². The smallest absolute Gasteiger partial charge is 0.159 e. The van der Waals surface area contributed by atoms with Crippen LogP contribution in [0.4, 0.5) is 8.78 Å². The molecule has 0 spiro atoms. The van der Waals surface area contributed by atoms with Crippen molar-refractivity contribution in [2.24, 2.45) is 11.8 Å². The monoisotopic (exact) mass is 306 g/mol. The maximum atomic E-state index is 13.3. The van der Waals surface area contributed by atoms with E-state index in [0.29, 0.717) is 11.8 Å². The van der Waals surface area contributed by atoms with E-state index in [9.17, 15) is 8.78 Å². The van der Waals surface area contributed by atoms with Crippen molar-refractivity contribution >= 4 is 0 Å². The highest BCUT2D eigenvalue weighted by molar-refractivity contribution is 5.22. The lowest BCUT2D eigenvalue weighted by Gasteiger charge is -2.29. The first kappa shape index (κ1) is 17.2. The Morgan fingerprint density at radius 1 is 1.18 bits per heavy atom. The van der Waals surface area contributed by atoms with Gasteiger partial charge in [0, 0.05) is 0 Å². The first-order valence-corrected chi connectivity index (χ1v) is 8.71. The molecule has 0 amide bonds. The second-order valence-electron chi connectivity index (χ2n) is 6.73. The van der Waals surface area contributed by atoms with Gasteiger partial charge in [-0.1, -0.05) is 31.9 Å². The van der Waals surface area contributed by atoms with Crippen LogP contribution in [-0.2, 0) is 0 Å². The maximum Gasteiger partial charge on any atom is 0.159 e. The third kappa shape index (κ3) is 4.66. The van der Waals surface area contributed by atoms with Gasteiger partial charge in [0.15, 0.2) is 11.6 Å². The van der Waals surface area contributed by atoms with Gasteiger partial charge in [-0.25, -0.2) is 8.78 Å². The summed E-state index contributed by atoms with van der Waals surface area (Å²) in [6, 6.07) is 4.40. The van der Waals surface area contributed by atoms with Gasteiger partial charge in [-0.3, -0.25) is 0 Å². The van der Waals surface area contributed by atoms with Gasteiger partial charge in [-0.2, -0.15) is 0 Å². The minimum absolute atomic E-state index is 0.405. The Balaban J connectivity index is 1.75. The second kappa shape index (κ2) is 8.45. The lowest BCUT2D eigenvalue weighted by molar-refractivity contribution is 0.298. The predicted molar refractivity (Wildman–Crippen MR) is 88.9 cm³/mol. The highest BCUT2D eigenvalue weighted by atomic mass is 19.2. The fourth-order valence-electron chi connectivity index (χ4n) is 3.71. The Bertz CT molecular complexity index is 473. The highest BCUT2D eigenvalue weighted by Gasteiger charge is 2.23. The van der Waals surface area contributed by atoms with E-state index in [1.165, 1.54) is 50.7 Å². The predicted octanol–water partition coefficient (Wildman–Crippen LogP) is 6.62. The molecule has 0 radical (unpaired) electrons. The number of hydrogen-bond acceptors (Lipinski definition) is 0. The number of rotatable bonds is 7. The van der Waals surface area contributed by atoms with Crippen LogP contribution in [0.5, 0.6) is 0 Å². The molecule has 0 heterocycles. The van der Waals surface area contributed by atoms with E-state index in [-0.39, 0.29) is 0 Å². The largest absolute Gasteiger partial charge is 0.204 e. The summed E-state index contributed by atoms with van der Waals surface area (Å²) in [5.41, 5.74) is 0.968. The molecule has 2 heteroatoms. The third-order valence-corrected chi connectivity index (χ3v) is 5.31. The quantitative estimate of drug-likeness (QED) is 0.496. The van der Waals surface area contributed by atoms with Gasteiger partial charge >= 0.3 is 0 Å². The van der Waals surface area contributed by atoms with Gasteiger partial charge in [-0.05, 0) is 74.0 Å². The highest BCUT2D eigenvalue weighted by Crippen LogP contribution is 2.38. The summed E-state index contributed by atoms with van der Waals surface area (Å²) in [4.78, 5) is 0. The van der Waals surface area contributed by atoms with E-state index in [1.807, 2.05) is 0 Å². The summed E-state index contributed by atoms with van der Waals surface area (Å²) in [5.74, 6) is 0.421. The van der Waals surface area contributed by atoms with Crippen molar-refractivity contribution < 1.29 is 8.78 Å². The van der Waals surface area contributed by atoms with Crippen LogP contribution in [0.2, 0.25) is 0 Å². The van der Waals surface area contributed by atoms with Crippen molar-refractivity contribution in [3.63, 3.8) is 0 Å². The van der Waals surface area contributed by atoms with Crippen molar-refractivity contribution in [2.45, 2.75) is 64.2 Å². The number of hydrogen-bond donors (Lipinski definition) is 0. The average molecular weight is 306 g/mol. The molecule has 0 N–H and O–H groups in total. The van der Waals surface area contributed by atoms with Gasteiger partial charge in [0.05, 0.1) is 0 Å². The Labute approximate surface area is 133 Å². The van der Waals surface area contributed by atoms with Gasteiger partial charge in [-0.15, -0.1) is 6.58 Å².